The molecule has 2 nitrogen and oxygen atoms in total. The van der Waals surface area contributed by atoms with Gasteiger partial charge in [0.05, 0.1) is 0 Å². The zero-order valence-corrected chi connectivity index (χ0v) is 9.95. The second-order valence-electron chi connectivity index (χ2n) is 4.57. The first-order chi connectivity index (χ1) is 7.86. The lowest BCUT2D eigenvalue weighted by Gasteiger charge is -2.25. The summed E-state index contributed by atoms with van der Waals surface area (Å²) in [6.07, 6.45) is 3.45. The van der Waals surface area contributed by atoms with Crippen LogP contribution in [-0.4, -0.2) is 18.3 Å². The summed E-state index contributed by atoms with van der Waals surface area (Å²) >= 11 is 0. The van der Waals surface area contributed by atoms with Crippen LogP contribution in [0.15, 0.2) is 24.3 Å². The predicted octanol–water partition coefficient (Wildman–Crippen LogP) is 2.28. The molecule has 1 aliphatic carbocycles. The molecule has 2 rings (SSSR count). The summed E-state index contributed by atoms with van der Waals surface area (Å²) in [5.74, 6) is 0.364. The standard InChI is InChI=1S/C14H21NO/c1-2-15-14-12(10-16)8-5-7-11-6-3-4-9-13(11)14/h3-4,6,9,12,14-16H,2,5,7-8,10H2,1H3. The third kappa shape index (κ3) is 2.28. The number of hydrogen-bond acceptors (Lipinski definition) is 2. The molecule has 0 fully saturated rings. The largest absolute Gasteiger partial charge is 0.396 e. The van der Waals surface area contributed by atoms with E-state index in [9.17, 15) is 5.11 Å². The summed E-state index contributed by atoms with van der Waals surface area (Å²) in [4.78, 5) is 0. The van der Waals surface area contributed by atoms with Crippen molar-refractivity contribution >= 4 is 0 Å². The van der Waals surface area contributed by atoms with Gasteiger partial charge in [0.15, 0.2) is 0 Å². The van der Waals surface area contributed by atoms with Crippen LogP contribution in [0.25, 0.3) is 0 Å². The quantitative estimate of drug-likeness (QED) is 0.764. The van der Waals surface area contributed by atoms with E-state index in [0.29, 0.717) is 12.0 Å². The van der Waals surface area contributed by atoms with Crippen LogP contribution in [0.4, 0.5) is 0 Å². The first-order valence-corrected chi connectivity index (χ1v) is 6.28. The molecule has 2 N–H and O–H groups in total. The number of benzene rings is 1. The van der Waals surface area contributed by atoms with Gasteiger partial charge in [-0.15, -0.1) is 0 Å². The topological polar surface area (TPSA) is 32.3 Å². The average Bonchev–Trinajstić information content (AvgIpc) is 2.50. The lowest BCUT2D eigenvalue weighted by atomic mass is 9.91. The third-order valence-corrected chi connectivity index (χ3v) is 3.54. The van der Waals surface area contributed by atoms with E-state index in [1.807, 2.05) is 0 Å². The van der Waals surface area contributed by atoms with E-state index < -0.39 is 0 Å². The fourth-order valence-corrected chi connectivity index (χ4v) is 2.73. The lowest BCUT2D eigenvalue weighted by Crippen LogP contribution is -2.30. The fourth-order valence-electron chi connectivity index (χ4n) is 2.73. The van der Waals surface area contributed by atoms with Crippen molar-refractivity contribution in [1.82, 2.24) is 5.32 Å². The van der Waals surface area contributed by atoms with Crippen LogP contribution in [0, 0.1) is 5.92 Å². The van der Waals surface area contributed by atoms with Crippen LogP contribution in [0.2, 0.25) is 0 Å². The zero-order chi connectivity index (χ0) is 11.4. The molecule has 0 saturated carbocycles. The van der Waals surface area contributed by atoms with Crippen molar-refractivity contribution in [2.45, 2.75) is 32.2 Å². The van der Waals surface area contributed by atoms with E-state index in [-0.39, 0.29) is 6.61 Å². The van der Waals surface area contributed by atoms with Crippen molar-refractivity contribution in [1.29, 1.82) is 0 Å². The van der Waals surface area contributed by atoms with Crippen molar-refractivity contribution in [3.8, 4) is 0 Å². The molecule has 88 valence electrons. The summed E-state index contributed by atoms with van der Waals surface area (Å²) < 4.78 is 0. The number of aryl methyl sites for hydroxylation is 1. The maximum Gasteiger partial charge on any atom is 0.0477 e. The van der Waals surface area contributed by atoms with Crippen LogP contribution < -0.4 is 5.32 Å². The second-order valence-corrected chi connectivity index (χ2v) is 4.57. The highest BCUT2D eigenvalue weighted by atomic mass is 16.3. The molecule has 0 aliphatic heterocycles. The highest BCUT2D eigenvalue weighted by Crippen LogP contribution is 2.32. The lowest BCUT2D eigenvalue weighted by molar-refractivity contribution is 0.183. The van der Waals surface area contributed by atoms with Gasteiger partial charge in [-0.3, -0.25) is 0 Å². The Balaban J connectivity index is 2.33. The molecule has 2 heteroatoms. The van der Waals surface area contributed by atoms with Crippen molar-refractivity contribution in [2.75, 3.05) is 13.2 Å². The van der Waals surface area contributed by atoms with Crippen molar-refractivity contribution in [3.63, 3.8) is 0 Å². The van der Waals surface area contributed by atoms with Gasteiger partial charge in [0.25, 0.3) is 0 Å². The molecule has 1 aliphatic rings. The minimum Gasteiger partial charge on any atom is -0.396 e. The average molecular weight is 219 g/mol. The van der Waals surface area contributed by atoms with E-state index in [1.54, 1.807) is 0 Å². The summed E-state index contributed by atoms with van der Waals surface area (Å²) in [6.45, 7) is 3.36. The molecule has 2 atom stereocenters. The van der Waals surface area contributed by atoms with Crippen LogP contribution in [0.3, 0.4) is 0 Å². The summed E-state index contributed by atoms with van der Waals surface area (Å²) in [5, 5.41) is 13.0. The summed E-state index contributed by atoms with van der Waals surface area (Å²) in [6, 6.07) is 8.97. The first kappa shape index (κ1) is 11.6. The number of aliphatic hydroxyl groups is 1. The molecule has 1 aromatic carbocycles. The maximum absolute atomic E-state index is 9.50. The molecular weight excluding hydrogens is 198 g/mol. The molecule has 0 spiro atoms. The van der Waals surface area contributed by atoms with Gasteiger partial charge in [0.2, 0.25) is 0 Å². The zero-order valence-electron chi connectivity index (χ0n) is 9.95. The van der Waals surface area contributed by atoms with Crippen molar-refractivity contribution in [2.24, 2.45) is 5.92 Å². The molecule has 0 heterocycles. The van der Waals surface area contributed by atoms with E-state index in [4.69, 9.17) is 0 Å². The number of rotatable bonds is 3. The van der Waals surface area contributed by atoms with Gasteiger partial charge in [0.1, 0.15) is 0 Å². The van der Waals surface area contributed by atoms with Crippen molar-refractivity contribution in [3.05, 3.63) is 35.4 Å². The number of hydrogen-bond donors (Lipinski definition) is 2. The molecule has 0 radical (unpaired) electrons. The van der Waals surface area contributed by atoms with E-state index in [1.165, 1.54) is 17.5 Å². The van der Waals surface area contributed by atoms with Gasteiger partial charge in [0, 0.05) is 18.6 Å². The Morgan fingerprint density at radius 1 is 1.38 bits per heavy atom. The Morgan fingerprint density at radius 2 is 2.19 bits per heavy atom. The number of aliphatic hydroxyl groups excluding tert-OH is 1. The Morgan fingerprint density at radius 3 is 2.94 bits per heavy atom. The minimum absolute atomic E-state index is 0.284. The maximum atomic E-state index is 9.50. The number of nitrogens with one attached hydrogen (secondary N) is 1. The Labute approximate surface area is 97.7 Å². The normalized spacial score (nSPS) is 24.9. The highest BCUT2D eigenvalue weighted by molar-refractivity contribution is 5.31. The van der Waals surface area contributed by atoms with E-state index >= 15 is 0 Å². The minimum atomic E-state index is 0.284. The van der Waals surface area contributed by atoms with Gasteiger partial charge >= 0.3 is 0 Å². The predicted molar refractivity (Wildman–Crippen MR) is 66.4 cm³/mol. The van der Waals surface area contributed by atoms with Crippen LogP contribution in [-0.2, 0) is 6.42 Å². The molecule has 0 amide bonds. The van der Waals surface area contributed by atoms with Crippen LogP contribution in [0.1, 0.15) is 36.9 Å². The third-order valence-electron chi connectivity index (χ3n) is 3.54. The molecule has 1 aromatic rings. The molecule has 0 aromatic heterocycles. The van der Waals surface area contributed by atoms with Gasteiger partial charge in [-0.1, -0.05) is 31.2 Å². The van der Waals surface area contributed by atoms with Crippen LogP contribution >= 0.6 is 0 Å². The van der Waals surface area contributed by atoms with Gasteiger partial charge < -0.3 is 10.4 Å². The first-order valence-electron chi connectivity index (χ1n) is 6.28. The molecule has 0 saturated heterocycles. The molecule has 2 unspecified atom stereocenters. The SMILES string of the molecule is CCNC1c2ccccc2CCCC1CO. The van der Waals surface area contributed by atoms with Crippen LogP contribution in [0.5, 0.6) is 0 Å². The Hall–Kier alpha value is -0.860. The van der Waals surface area contributed by atoms with Gasteiger partial charge in [-0.2, -0.15) is 0 Å². The second kappa shape index (κ2) is 5.46. The van der Waals surface area contributed by atoms with Gasteiger partial charge in [-0.05, 0) is 36.9 Å². The Bertz CT molecular complexity index is 337. The molecular formula is C14H21NO. The van der Waals surface area contributed by atoms with E-state index in [0.717, 1.165) is 19.4 Å². The number of fused-ring (bicyclic) bond motifs is 1. The monoisotopic (exact) mass is 219 g/mol. The van der Waals surface area contributed by atoms with Gasteiger partial charge in [-0.25, -0.2) is 0 Å². The Kier molecular flexibility index (Phi) is 3.97. The summed E-state index contributed by atoms with van der Waals surface area (Å²) in [5.41, 5.74) is 2.84. The molecule has 16 heavy (non-hydrogen) atoms. The summed E-state index contributed by atoms with van der Waals surface area (Å²) in [7, 11) is 0. The highest BCUT2D eigenvalue weighted by Gasteiger charge is 2.26. The fraction of sp³-hybridized carbons (Fsp3) is 0.571. The van der Waals surface area contributed by atoms with Crippen molar-refractivity contribution < 1.29 is 5.11 Å². The van der Waals surface area contributed by atoms with E-state index in [2.05, 4.69) is 36.5 Å². The smallest absolute Gasteiger partial charge is 0.0477 e. The molecule has 0 bridgehead atoms.